The molecule has 27 heavy (non-hydrogen) atoms. The van der Waals surface area contributed by atoms with E-state index in [-0.39, 0.29) is 0 Å². The molecular weight excluding hydrogens is 365 g/mol. The van der Waals surface area contributed by atoms with E-state index >= 15 is 0 Å². The molecule has 0 saturated heterocycles. The summed E-state index contributed by atoms with van der Waals surface area (Å²) in [7, 11) is 0. The predicted molar refractivity (Wildman–Crippen MR) is 88.8 cm³/mol. The van der Waals surface area contributed by atoms with E-state index in [1.54, 1.807) is 12.1 Å². The summed E-state index contributed by atoms with van der Waals surface area (Å²) in [4.78, 5) is 34.2. The fraction of sp³-hybridized carbons (Fsp3) is 0.211. The molecule has 0 unspecified atom stereocenters. The summed E-state index contributed by atoms with van der Waals surface area (Å²) >= 11 is 0. The summed E-state index contributed by atoms with van der Waals surface area (Å²) in [5, 5.41) is 8.62. The second kappa shape index (κ2) is 8.48. The molecule has 2 rings (SSSR count). The minimum atomic E-state index is -4.16. The zero-order chi connectivity index (χ0) is 20.0. The number of carbonyl (C=O) groups excluding carboxylic acids is 2. The van der Waals surface area contributed by atoms with E-state index in [2.05, 4.69) is 4.74 Å². The van der Waals surface area contributed by atoms with E-state index in [9.17, 15) is 27.6 Å². The number of ether oxygens (including phenoxy) is 1. The number of hydrogen-bond acceptors (Lipinski definition) is 4. The van der Waals surface area contributed by atoms with Gasteiger partial charge in [0, 0.05) is 0 Å². The summed E-state index contributed by atoms with van der Waals surface area (Å²) in [6.45, 7) is -2.11. The van der Waals surface area contributed by atoms with Crippen molar-refractivity contribution in [1.82, 2.24) is 0 Å². The molecule has 0 atom stereocenters. The number of carbonyl (C=O) groups is 3. The Balaban J connectivity index is 2.37. The van der Waals surface area contributed by atoms with Gasteiger partial charge in [-0.25, -0.2) is 9.18 Å². The van der Waals surface area contributed by atoms with Crippen molar-refractivity contribution in [2.45, 2.75) is 19.0 Å². The van der Waals surface area contributed by atoms with Gasteiger partial charge < -0.3 is 9.84 Å². The lowest BCUT2D eigenvalue weighted by Gasteiger charge is -2.17. The molecule has 0 spiro atoms. The third kappa shape index (κ3) is 5.67. The van der Waals surface area contributed by atoms with E-state index < -0.39 is 48.1 Å². The zero-order valence-corrected chi connectivity index (χ0v) is 14.0. The highest BCUT2D eigenvalue weighted by Gasteiger charge is 2.33. The first-order valence-electron chi connectivity index (χ1n) is 7.81. The molecule has 5 nitrogen and oxygen atoms in total. The van der Waals surface area contributed by atoms with E-state index in [1.165, 1.54) is 12.1 Å². The molecule has 0 aliphatic carbocycles. The maximum atomic E-state index is 13.3. The van der Waals surface area contributed by atoms with Gasteiger partial charge in [0.05, 0.1) is 12.0 Å². The average Bonchev–Trinajstić information content (AvgIpc) is 2.63. The molecule has 0 aromatic heterocycles. The number of aliphatic carboxylic acids is 1. The Hall–Kier alpha value is -3.16. The fourth-order valence-electron chi connectivity index (χ4n) is 2.33. The van der Waals surface area contributed by atoms with E-state index in [4.69, 9.17) is 5.11 Å². The van der Waals surface area contributed by atoms with Crippen molar-refractivity contribution in [2.24, 2.45) is 0 Å². The van der Waals surface area contributed by atoms with Gasteiger partial charge in [-0.1, -0.05) is 36.4 Å². The lowest BCUT2D eigenvalue weighted by atomic mass is 9.98. The molecule has 2 aromatic rings. The van der Waals surface area contributed by atoms with Crippen molar-refractivity contribution >= 4 is 17.5 Å². The summed E-state index contributed by atoms with van der Waals surface area (Å²) in [6, 6.07) is 12.8. The van der Waals surface area contributed by atoms with Gasteiger partial charge in [-0.05, 0) is 29.7 Å². The standard InChI is InChI=1S/C19H15F3O5/c20-11-19(21,22)27-17-7-6-13(8-12-4-2-1-3-5-12)9-14(17)15(23)10-16(24)18(25)26/h1-7,9H,8,10-11H2,(H,25,26). The lowest BCUT2D eigenvalue weighted by molar-refractivity contribution is -0.186. The van der Waals surface area contributed by atoms with Crippen molar-refractivity contribution in [2.75, 3.05) is 6.67 Å². The third-order valence-corrected chi connectivity index (χ3v) is 3.57. The number of Topliss-reactive ketones (excluding diaryl/α,β-unsaturated/α-hetero) is 2. The maximum Gasteiger partial charge on any atom is 0.427 e. The number of ketones is 2. The van der Waals surface area contributed by atoms with Crippen LogP contribution in [0.15, 0.2) is 48.5 Å². The highest BCUT2D eigenvalue weighted by molar-refractivity contribution is 6.37. The Morgan fingerprint density at radius 1 is 1.00 bits per heavy atom. The monoisotopic (exact) mass is 380 g/mol. The van der Waals surface area contributed by atoms with Gasteiger partial charge in [-0.2, -0.15) is 8.78 Å². The van der Waals surface area contributed by atoms with Crippen LogP contribution in [0.25, 0.3) is 0 Å². The molecule has 0 bridgehead atoms. The first-order valence-corrected chi connectivity index (χ1v) is 7.81. The number of alkyl halides is 3. The van der Waals surface area contributed by atoms with Crippen LogP contribution in [0.5, 0.6) is 5.75 Å². The first-order chi connectivity index (χ1) is 12.7. The summed E-state index contributed by atoms with van der Waals surface area (Å²) in [5.41, 5.74) is 1.01. The van der Waals surface area contributed by atoms with Gasteiger partial charge in [0.1, 0.15) is 5.75 Å². The third-order valence-electron chi connectivity index (χ3n) is 3.57. The van der Waals surface area contributed by atoms with Crippen molar-refractivity contribution < 1.29 is 37.4 Å². The first kappa shape index (κ1) is 20.2. The summed E-state index contributed by atoms with van der Waals surface area (Å²) in [6.07, 6.45) is -4.83. The van der Waals surface area contributed by atoms with Crippen molar-refractivity contribution in [1.29, 1.82) is 0 Å². The number of rotatable bonds is 9. The molecule has 0 aliphatic rings. The maximum absolute atomic E-state index is 13.3. The van der Waals surface area contributed by atoms with Crippen LogP contribution in [0.4, 0.5) is 13.2 Å². The second-order valence-electron chi connectivity index (χ2n) is 5.69. The van der Waals surface area contributed by atoms with Crippen molar-refractivity contribution in [3.8, 4) is 5.75 Å². The van der Waals surface area contributed by atoms with Crippen LogP contribution >= 0.6 is 0 Å². The van der Waals surface area contributed by atoms with Crippen LogP contribution in [0.1, 0.15) is 27.9 Å². The number of hydrogen-bond donors (Lipinski definition) is 1. The Morgan fingerprint density at radius 3 is 2.26 bits per heavy atom. The molecule has 8 heteroatoms. The molecule has 0 saturated carbocycles. The van der Waals surface area contributed by atoms with Gasteiger partial charge in [-0.3, -0.25) is 9.59 Å². The molecule has 0 aliphatic heterocycles. The summed E-state index contributed by atoms with van der Waals surface area (Å²) in [5.74, 6) is -4.85. The van der Waals surface area contributed by atoms with E-state index in [0.29, 0.717) is 12.0 Å². The molecule has 0 radical (unpaired) electrons. The van der Waals surface area contributed by atoms with Crippen LogP contribution in [-0.2, 0) is 16.0 Å². The highest BCUT2D eigenvalue weighted by atomic mass is 19.3. The second-order valence-corrected chi connectivity index (χ2v) is 5.69. The van der Waals surface area contributed by atoms with Crippen molar-refractivity contribution in [3.05, 3.63) is 65.2 Å². The van der Waals surface area contributed by atoms with E-state index in [1.807, 2.05) is 18.2 Å². The van der Waals surface area contributed by atoms with E-state index in [0.717, 1.165) is 11.6 Å². The Labute approximate surface area is 152 Å². The summed E-state index contributed by atoms with van der Waals surface area (Å²) < 4.78 is 43.1. The van der Waals surface area contributed by atoms with Crippen LogP contribution in [0.3, 0.4) is 0 Å². The molecule has 0 fully saturated rings. The number of carboxylic acid groups (broad SMARTS) is 1. The number of benzene rings is 2. The predicted octanol–water partition coefficient (Wildman–Crippen LogP) is 3.45. The zero-order valence-electron chi connectivity index (χ0n) is 14.0. The highest BCUT2D eigenvalue weighted by Crippen LogP contribution is 2.28. The molecule has 2 aromatic carbocycles. The van der Waals surface area contributed by atoms with Crippen LogP contribution < -0.4 is 4.74 Å². The van der Waals surface area contributed by atoms with Crippen LogP contribution in [-0.4, -0.2) is 35.4 Å². The Bertz CT molecular complexity index is 850. The molecule has 0 amide bonds. The van der Waals surface area contributed by atoms with Crippen LogP contribution in [0, 0.1) is 0 Å². The largest absolute Gasteiger partial charge is 0.475 e. The van der Waals surface area contributed by atoms with Crippen molar-refractivity contribution in [3.63, 3.8) is 0 Å². The minimum absolute atomic E-state index is 0.355. The topological polar surface area (TPSA) is 80.7 Å². The fourth-order valence-corrected chi connectivity index (χ4v) is 2.33. The smallest absolute Gasteiger partial charge is 0.427 e. The normalized spacial score (nSPS) is 11.1. The lowest BCUT2D eigenvalue weighted by Crippen LogP contribution is -2.28. The average molecular weight is 380 g/mol. The molecule has 1 N–H and O–H groups in total. The van der Waals surface area contributed by atoms with Gasteiger partial charge in [0.2, 0.25) is 5.78 Å². The number of carboxylic acids is 1. The molecule has 0 heterocycles. The van der Waals surface area contributed by atoms with Crippen LogP contribution in [0.2, 0.25) is 0 Å². The minimum Gasteiger partial charge on any atom is -0.475 e. The number of halogens is 3. The van der Waals surface area contributed by atoms with Gasteiger partial charge in [0.25, 0.3) is 0 Å². The molecular formula is C19H15F3O5. The van der Waals surface area contributed by atoms with Gasteiger partial charge in [0.15, 0.2) is 12.5 Å². The SMILES string of the molecule is O=C(O)C(=O)CC(=O)c1cc(Cc2ccccc2)ccc1OC(F)(F)CF. The quantitative estimate of drug-likeness (QED) is 0.409. The molecule has 142 valence electrons. The Morgan fingerprint density at radius 2 is 1.67 bits per heavy atom. The van der Waals surface area contributed by atoms with Gasteiger partial charge in [-0.15, -0.1) is 0 Å². The van der Waals surface area contributed by atoms with Gasteiger partial charge >= 0.3 is 12.1 Å². The Kier molecular flexibility index (Phi) is 6.33.